The fraction of sp³-hybridized carbons (Fsp3) is 0.526. The topological polar surface area (TPSA) is 68.0 Å². The largest absolute Gasteiger partial charge is 0.343 e. The van der Waals surface area contributed by atoms with Gasteiger partial charge in [-0.15, -0.1) is 11.8 Å². The van der Waals surface area contributed by atoms with E-state index in [0.29, 0.717) is 17.6 Å². The first-order valence-electron chi connectivity index (χ1n) is 8.87. The SMILES string of the molecule is Cc1cc(SCC(=O)NC(c2nc(C3CC3)no2)C(C)C)c(C)cc1Br. The minimum atomic E-state index is -0.254. The van der Waals surface area contributed by atoms with Crippen LogP contribution in [0.25, 0.3) is 0 Å². The second-order valence-corrected chi connectivity index (χ2v) is 9.08. The fourth-order valence-electron chi connectivity index (χ4n) is 2.66. The van der Waals surface area contributed by atoms with Crippen molar-refractivity contribution in [2.24, 2.45) is 5.92 Å². The van der Waals surface area contributed by atoms with Crippen LogP contribution in [0.5, 0.6) is 0 Å². The molecule has 3 rings (SSSR count). The van der Waals surface area contributed by atoms with Crippen molar-refractivity contribution in [3.8, 4) is 0 Å². The van der Waals surface area contributed by atoms with Gasteiger partial charge in [-0.2, -0.15) is 4.98 Å². The van der Waals surface area contributed by atoms with Gasteiger partial charge in [-0.05, 0) is 55.9 Å². The highest BCUT2D eigenvalue weighted by atomic mass is 79.9. The van der Waals surface area contributed by atoms with E-state index in [1.54, 1.807) is 11.8 Å². The van der Waals surface area contributed by atoms with Gasteiger partial charge in [-0.3, -0.25) is 4.79 Å². The standard InChI is InChI=1S/C19H24BrN3O2S/c1-10(2)17(19-22-18(23-25-19)13-5-6-13)21-16(24)9-26-15-8-11(3)14(20)7-12(15)4/h7-8,10,13,17H,5-6,9H2,1-4H3,(H,21,24). The number of halogens is 1. The zero-order valence-electron chi connectivity index (χ0n) is 15.5. The summed E-state index contributed by atoms with van der Waals surface area (Å²) in [5, 5.41) is 7.12. The van der Waals surface area contributed by atoms with Gasteiger partial charge < -0.3 is 9.84 Å². The van der Waals surface area contributed by atoms with Crippen molar-refractivity contribution in [2.45, 2.75) is 57.4 Å². The third-order valence-corrected chi connectivity index (χ3v) is 6.48. The lowest BCUT2D eigenvalue weighted by Crippen LogP contribution is -2.33. The summed E-state index contributed by atoms with van der Waals surface area (Å²) < 4.78 is 6.50. The van der Waals surface area contributed by atoms with Gasteiger partial charge in [0.2, 0.25) is 11.8 Å². The average Bonchev–Trinajstić information content (AvgIpc) is 3.32. The maximum Gasteiger partial charge on any atom is 0.249 e. The molecule has 140 valence electrons. The zero-order chi connectivity index (χ0) is 18.8. The summed E-state index contributed by atoms with van der Waals surface area (Å²) in [7, 11) is 0. The molecule has 5 nitrogen and oxygen atoms in total. The second kappa shape index (κ2) is 8.13. The fourth-order valence-corrected chi connectivity index (χ4v) is 4.04. The minimum absolute atomic E-state index is 0.0279. The minimum Gasteiger partial charge on any atom is -0.343 e. The molecule has 1 aromatic carbocycles. The molecule has 1 heterocycles. The van der Waals surface area contributed by atoms with Crippen LogP contribution in [-0.4, -0.2) is 21.8 Å². The van der Waals surface area contributed by atoms with Gasteiger partial charge in [0.25, 0.3) is 0 Å². The van der Waals surface area contributed by atoms with E-state index in [2.05, 4.69) is 57.4 Å². The molecule has 26 heavy (non-hydrogen) atoms. The summed E-state index contributed by atoms with van der Waals surface area (Å²) in [4.78, 5) is 18.1. The lowest BCUT2D eigenvalue weighted by molar-refractivity contribution is -0.119. The first kappa shape index (κ1) is 19.4. The van der Waals surface area contributed by atoms with Crippen LogP contribution >= 0.6 is 27.7 Å². The number of rotatable bonds is 7. The third-order valence-electron chi connectivity index (χ3n) is 4.46. The maximum absolute atomic E-state index is 12.5. The van der Waals surface area contributed by atoms with Crippen molar-refractivity contribution < 1.29 is 9.32 Å². The van der Waals surface area contributed by atoms with E-state index in [-0.39, 0.29) is 17.9 Å². The Hall–Kier alpha value is -1.34. The van der Waals surface area contributed by atoms with Crippen LogP contribution in [-0.2, 0) is 4.79 Å². The molecule has 1 atom stereocenters. The monoisotopic (exact) mass is 437 g/mol. The van der Waals surface area contributed by atoms with E-state index in [9.17, 15) is 4.79 Å². The summed E-state index contributed by atoms with van der Waals surface area (Å²) >= 11 is 5.09. The molecular weight excluding hydrogens is 414 g/mol. The Balaban J connectivity index is 1.62. The van der Waals surface area contributed by atoms with Crippen LogP contribution in [0.15, 0.2) is 26.0 Å². The van der Waals surface area contributed by atoms with Crippen LogP contribution in [0.2, 0.25) is 0 Å². The van der Waals surface area contributed by atoms with E-state index in [0.717, 1.165) is 39.2 Å². The summed E-state index contributed by atoms with van der Waals surface area (Å²) in [6.45, 7) is 8.19. The molecule has 0 saturated heterocycles. The highest BCUT2D eigenvalue weighted by Gasteiger charge is 2.31. The van der Waals surface area contributed by atoms with Gasteiger partial charge in [0.15, 0.2) is 5.82 Å². The Morgan fingerprint density at radius 1 is 1.35 bits per heavy atom. The maximum atomic E-state index is 12.5. The van der Waals surface area contributed by atoms with Gasteiger partial charge in [-0.1, -0.05) is 34.9 Å². The van der Waals surface area contributed by atoms with E-state index in [1.807, 2.05) is 13.8 Å². The summed E-state index contributed by atoms with van der Waals surface area (Å²) in [6.07, 6.45) is 2.25. The van der Waals surface area contributed by atoms with Crippen LogP contribution in [0.1, 0.15) is 61.5 Å². The van der Waals surface area contributed by atoms with E-state index >= 15 is 0 Å². The zero-order valence-corrected chi connectivity index (χ0v) is 17.9. The quantitative estimate of drug-likeness (QED) is 0.621. The molecule has 2 aromatic rings. The first-order chi connectivity index (χ1) is 12.3. The van der Waals surface area contributed by atoms with E-state index in [4.69, 9.17) is 4.52 Å². The van der Waals surface area contributed by atoms with Crippen LogP contribution in [0.3, 0.4) is 0 Å². The number of aromatic nitrogens is 2. The van der Waals surface area contributed by atoms with Crippen molar-refractivity contribution >= 4 is 33.6 Å². The molecule has 0 bridgehead atoms. The Labute approximate surface area is 166 Å². The van der Waals surface area contributed by atoms with E-state index < -0.39 is 0 Å². The molecule has 7 heteroatoms. The molecule has 1 aliphatic carbocycles. The van der Waals surface area contributed by atoms with Crippen molar-refractivity contribution in [1.82, 2.24) is 15.5 Å². The van der Waals surface area contributed by atoms with Gasteiger partial charge >= 0.3 is 0 Å². The van der Waals surface area contributed by atoms with Crippen molar-refractivity contribution in [3.05, 3.63) is 39.4 Å². The second-order valence-electron chi connectivity index (χ2n) is 7.21. The highest BCUT2D eigenvalue weighted by Crippen LogP contribution is 2.38. The molecule has 1 N–H and O–H groups in total. The number of nitrogens with one attached hydrogen (secondary N) is 1. The molecule has 1 aliphatic rings. The van der Waals surface area contributed by atoms with Crippen LogP contribution in [0, 0.1) is 19.8 Å². The Morgan fingerprint density at radius 3 is 2.73 bits per heavy atom. The molecule has 0 aliphatic heterocycles. The third kappa shape index (κ3) is 4.68. The molecule has 0 radical (unpaired) electrons. The van der Waals surface area contributed by atoms with E-state index in [1.165, 1.54) is 0 Å². The Bertz CT molecular complexity index is 802. The molecule has 1 fully saturated rings. The smallest absolute Gasteiger partial charge is 0.249 e. The van der Waals surface area contributed by atoms with Gasteiger partial charge in [0.1, 0.15) is 6.04 Å². The number of hydrogen-bond acceptors (Lipinski definition) is 5. The number of carbonyl (C=O) groups is 1. The lowest BCUT2D eigenvalue weighted by Gasteiger charge is -2.18. The molecule has 1 saturated carbocycles. The number of amides is 1. The predicted octanol–water partition coefficient (Wildman–Crippen LogP) is 4.93. The van der Waals surface area contributed by atoms with Gasteiger partial charge in [0.05, 0.1) is 5.75 Å². The van der Waals surface area contributed by atoms with Crippen LogP contribution < -0.4 is 5.32 Å². The number of hydrogen-bond donors (Lipinski definition) is 1. The van der Waals surface area contributed by atoms with Crippen molar-refractivity contribution in [3.63, 3.8) is 0 Å². The predicted molar refractivity (Wildman–Crippen MR) is 106 cm³/mol. The highest BCUT2D eigenvalue weighted by molar-refractivity contribution is 9.10. The molecule has 1 amide bonds. The summed E-state index contributed by atoms with van der Waals surface area (Å²) in [5.74, 6) is 2.23. The molecular formula is C19H24BrN3O2S. The number of aryl methyl sites for hydroxylation is 2. The van der Waals surface area contributed by atoms with Gasteiger partial charge in [-0.25, -0.2) is 0 Å². The molecule has 1 aromatic heterocycles. The number of carbonyl (C=O) groups excluding carboxylic acids is 1. The molecule has 1 unspecified atom stereocenters. The lowest BCUT2D eigenvalue weighted by atomic mass is 10.0. The normalized spacial score (nSPS) is 15.3. The van der Waals surface area contributed by atoms with Crippen molar-refractivity contribution in [1.29, 1.82) is 0 Å². The molecule has 0 spiro atoms. The Kier molecular flexibility index (Phi) is 6.07. The number of benzene rings is 1. The summed E-state index contributed by atoms with van der Waals surface area (Å²) in [6, 6.07) is 3.94. The van der Waals surface area contributed by atoms with Gasteiger partial charge in [0, 0.05) is 15.3 Å². The number of nitrogens with zero attached hydrogens (tertiary/aromatic N) is 2. The van der Waals surface area contributed by atoms with Crippen molar-refractivity contribution in [2.75, 3.05) is 5.75 Å². The first-order valence-corrected chi connectivity index (χ1v) is 10.7. The summed E-state index contributed by atoms with van der Waals surface area (Å²) in [5.41, 5.74) is 2.32. The van der Waals surface area contributed by atoms with Crippen LogP contribution in [0.4, 0.5) is 0 Å². The Morgan fingerprint density at radius 2 is 2.08 bits per heavy atom. The average molecular weight is 438 g/mol. The number of thioether (sulfide) groups is 1.